The Balaban J connectivity index is 0. The van der Waals surface area contributed by atoms with Gasteiger partial charge in [0.1, 0.15) is 0 Å². The van der Waals surface area contributed by atoms with Crippen LogP contribution in [0.15, 0.2) is 36.4 Å². The Morgan fingerprint density at radius 2 is 1.00 bits per heavy atom. The molecule has 2 heteroatoms. The predicted molar refractivity (Wildman–Crippen MR) is 99.4 cm³/mol. The summed E-state index contributed by atoms with van der Waals surface area (Å²) in [5.74, 6) is 0. The largest absolute Gasteiger partial charge is 4.00 e. The van der Waals surface area contributed by atoms with Crippen LogP contribution in [0.4, 0.5) is 0 Å². The standard InChI is InChI=1S/2C9H11.2C2H5.ClH.Zr/c2*1-2-5-9-7-3-6-8(9)4-1;2*1-2;;/h2*3,6-7H,1-2,4-5H2;2*1H2,2H3;1H;/q4*-1;;+4/p-1. The Morgan fingerprint density at radius 1 is 0.667 bits per heavy atom. The fraction of sp³-hybridized carbons (Fsp3) is 0.455. The van der Waals surface area contributed by atoms with Gasteiger partial charge in [-0.1, -0.05) is 51.4 Å². The van der Waals surface area contributed by atoms with Gasteiger partial charge in [-0.2, -0.15) is 60.4 Å². The Labute approximate surface area is 175 Å². The van der Waals surface area contributed by atoms with E-state index in [0.29, 0.717) is 0 Å². The number of aryl methyl sites for hydroxylation is 4. The first-order valence-corrected chi connectivity index (χ1v) is 8.82. The number of hydrogen-bond acceptors (Lipinski definition) is 0. The molecule has 2 aliphatic carbocycles. The van der Waals surface area contributed by atoms with E-state index in [2.05, 4.69) is 50.2 Å². The first-order valence-electron chi connectivity index (χ1n) is 8.82. The van der Waals surface area contributed by atoms with Crippen molar-refractivity contribution < 1.29 is 38.6 Å². The van der Waals surface area contributed by atoms with Crippen LogP contribution >= 0.6 is 0 Å². The average molecular weight is 423 g/mol. The molecule has 24 heavy (non-hydrogen) atoms. The van der Waals surface area contributed by atoms with Gasteiger partial charge in [-0.25, -0.2) is 12.1 Å². The monoisotopic (exact) mass is 421 g/mol. The van der Waals surface area contributed by atoms with Gasteiger partial charge in [-0.15, -0.1) is 0 Å². The van der Waals surface area contributed by atoms with Crippen molar-refractivity contribution in [3.63, 3.8) is 0 Å². The third kappa shape index (κ3) is 8.31. The number of hydrogen-bond donors (Lipinski definition) is 0. The summed E-state index contributed by atoms with van der Waals surface area (Å²) in [5.41, 5.74) is 6.39. The van der Waals surface area contributed by atoms with Crippen molar-refractivity contribution in [1.29, 1.82) is 0 Å². The predicted octanol–water partition coefficient (Wildman–Crippen LogP) is 3.25. The third-order valence-corrected chi connectivity index (χ3v) is 4.30. The molecule has 0 unspecified atom stereocenters. The van der Waals surface area contributed by atoms with Crippen molar-refractivity contribution in [3.05, 3.63) is 72.5 Å². The van der Waals surface area contributed by atoms with Crippen molar-refractivity contribution in [3.8, 4) is 0 Å². The molecule has 0 aromatic heterocycles. The van der Waals surface area contributed by atoms with Gasteiger partial charge in [0.2, 0.25) is 0 Å². The van der Waals surface area contributed by atoms with Crippen LogP contribution in [-0.4, -0.2) is 0 Å². The summed E-state index contributed by atoms with van der Waals surface area (Å²) >= 11 is 0. The van der Waals surface area contributed by atoms with E-state index in [0.717, 1.165) is 0 Å². The molecule has 0 spiro atoms. The Hall–Kier alpha value is -0.127. The van der Waals surface area contributed by atoms with Gasteiger partial charge in [0.15, 0.2) is 0 Å². The zero-order chi connectivity index (χ0) is 16.2. The molecule has 0 saturated carbocycles. The summed E-state index contributed by atoms with van der Waals surface area (Å²) < 4.78 is 0. The maximum absolute atomic E-state index is 3.25. The van der Waals surface area contributed by atoms with E-state index in [1.54, 1.807) is 36.1 Å². The van der Waals surface area contributed by atoms with Gasteiger partial charge in [0.05, 0.1) is 0 Å². The molecule has 0 radical (unpaired) electrons. The quantitative estimate of drug-likeness (QED) is 0.571. The molecule has 0 nitrogen and oxygen atoms in total. The van der Waals surface area contributed by atoms with Crippen LogP contribution in [0.5, 0.6) is 0 Å². The summed E-state index contributed by atoms with van der Waals surface area (Å²) in [6.45, 7) is 10.0. The molecule has 0 aliphatic heterocycles. The van der Waals surface area contributed by atoms with E-state index in [9.17, 15) is 0 Å². The Kier molecular flexibility index (Phi) is 17.8. The maximum Gasteiger partial charge on any atom is 4.00 e. The third-order valence-electron chi connectivity index (χ3n) is 4.30. The molecule has 0 amide bonds. The minimum absolute atomic E-state index is 0. The number of rotatable bonds is 0. The van der Waals surface area contributed by atoms with Crippen LogP contribution in [-0.2, 0) is 51.9 Å². The second-order valence-corrected chi connectivity index (χ2v) is 5.57. The normalized spacial score (nSPS) is 13.5. The zero-order valence-electron chi connectivity index (χ0n) is 15.4. The van der Waals surface area contributed by atoms with Crippen LogP contribution < -0.4 is 12.4 Å². The number of halogens is 1. The molecule has 0 bridgehead atoms. The minimum Gasteiger partial charge on any atom is -1.00 e. The molecular weight excluding hydrogens is 391 g/mol. The molecule has 2 aromatic carbocycles. The van der Waals surface area contributed by atoms with Crippen molar-refractivity contribution >= 4 is 0 Å². The molecule has 2 aliphatic rings. The van der Waals surface area contributed by atoms with Gasteiger partial charge >= 0.3 is 26.2 Å². The summed E-state index contributed by atoms with van der Waals surface area (Å²) in [4.78, 5) is 0. The van der Waals surface area contributed by atoms with Crippen LogP contribution in [0.2, 0.25) is 0 Å². The summed E-state index contributed by atoms with van der Waals surface area (Å²) in [7, 11) is 0. The first-order chi connectivity index (χ1) is 10.9. The maximum atomic E-state index is 3.25. The summed E-state index contributed by atoms with van der Waals surface area (Å²) in [6, 6.07) is 13.4. The zero-order valence-corrected chi connectivity index (χ0v) is 18.6. The van der Waals surface area contributed by atoms with E-state index in [1.165, 1.54) is 51.4 Å². The topological polar surface area (TPSA) is 0 Å². The average Bonchev–Trinajstić information content (AvgIpc) is 3.28. The minimum atomic E-state index is 0. The van der Waals surface area contributed by atoms with Crippen LogP contribution in [0.25, 0.3) is 0 Å². The SMILES string of the molecule is [CH2-]C.[CH2-]C.[Cl-].[Zr+4].c1cc2c([cH-]1)CCCC2.c1cc2c([cH-]1)CCCC2. The van der Waals surface area contributed by atoms with Crippen molar-refractivity contribution in [2.75, 3.05) is 0 Å². The van der Waals surface area contributed by atoms with E-state index < -0.39 is 0 Å². The Bertz CT molecular complexity index is 408. The van der Waals surface area contributed by atoms with E-state index in [1.807, 2.05) is 0 Å². The van der Waals surface area contributed by atoms with Crippen molar-refractivity contribution in [1.82, 2.24) is 0 Å². The van der Waals surface area contributed by atoms with E-state index in [-0.39, 0.29) is 38.6 Å². The molecule has 132 valence electrons. The fourth-order valence-electron chi connectivity index (χ4n) is 3.23. The second-order valence-electron chi connectivity index (χ2n) is 5.57. The molecule has 0 saturated heterocycles. The van der Waals surface area contributed by atoms with Crippen LogP contribution in [0.3, 0.4) is 0 Å². The van der Waals surface area contributed by atoms with Gasteiger partial charge in [-0.05, 0) is 0 Å². The summed E-state index contributed by atoms with van der Waals surface area (Å²) in [5, 5.41) is 0. The molecule has 0 atom stereocenters. The molecule has 4 rings (SSSR count). The molecule has 2 aromatic rings. The van der Waals surface area contributed by atoms with Gasteiger partial charge in [0, 0.05) is 0 Å². The van der Waals surface area contributed by atoms with Gasteiger partial charge < -0.3 is 26.3 Å². The second kappa shape index (κ2) is 16.3. The Morgan fingerprint density at radius 3 is 1.33 bits per heavy atom. The molecule has 0 heterocycles. The fourth-order valence-corrected chi connectivity index (χ4v) is 3.23. The molecule has 0 fully saturated rings. The summed E-state index contributed by atoms with van der Waals surface area (Å²) in [6.07, 6.45) is 10.9. The van der Waals surface area contributed by atoms with Gasteiger partial charge in [0.25, 0.3) is 0 Å². The van der Waals surface area contributed by atoms with Crippen molar-refractivity contribution in [2.24, 2.45) is 0 Å². The van der Waals surface area contributed by atoms with Crippen LogP contribution in [0, 0.1) is 13.8 Å². The van der Waals surface area contributed by atoms with E-state index in [4.69, 9.17) is 0 Å². The van der Waals surface area contributed by atoms with Crippen molar-refractivity contribution in [2.45, 2.75) is 65.2 Å². The van der Waals surface area contributed by atoms with E-state index >= 15 is 0 Å². The molecule has 0 N–H and O–H groups in total. The molecular formula is C22H32ClZr-. The van der Waals surface area contributed by atoms with Gasteiger partial charge in [-0.3, -0.25) is 0 Å². The smallest absolute Gasteiger partial charge is 1.00 e. The number of fused-ring (bicyclic) bond motifs is 2. The first kappa shape index (κ1) is 26.1. The van der Waals surface area contributed by atoms with Crippen LogP contribution in [0.1, 0.15) is 61.8 Å².